The number of ether oxygens (including phenoxy) is 2. The third-order valence-electron chi connectivity index (χ3n) is 4.88. The Bertz CT molecular complexity index is 578. The summed E-state index contributed by atoms with van der Waals surface area (Å²) in [6.45, 7) is 4.85. The molecular formula is C18H28N4O3. The highest BCUT2D eigenvalue weighted by molar-refractivity contribution is 5.92. The predicted molar refractivity (Wildman–Crippen MR) is 93.5 cm³/mol. The molecule has 7 heteroatoms. The SMILES string of the molecule is Cc1cnc(C(=O)N2CC[C@@H]3O[C@H](COCCN(C)C)CC[C@@H]32)cn1. The zero-order valence-corrected chi connectivity index (χ0v) is 15.4. The van der Waals surface area contributed by atoms with Crippen molar-refractivity contribution in [2.45, 2.75) is 44.4 Å². The summed E-state index contributed by atoms with van der Waals surface area (Å²) in [5, 5.41) is 0. The lowest BCUT2D eigenvalue weighted by atomic mass is 9.99. The fourth-order valence-electron chi connectivity index (χ4n) is 3.48. The average Bonchev–Trinajstić information content (AvgIpc) is 3.02. The van der Waals surface area contributed by atoms with Crippen LogP contribution in [0, 0.1) is 6.92 Å². The van der Waals surface area contributed by atoms with Crippen LogP contribution in [-0.4, -0.2) is 84.3 Å². The van der Waals surface area contributed by atoms with E-state index >= 15 is 0 Å². The van der Waals surface area contributed by atoms with Crippen LogP contribution in [0.1, 0.15) is 35.4 Å². The molecule has 138 valence electrons. The minimum atomic E-state index is -0.0377. The predicted octanol–water partition coefficient (Wildman–Crippen LogP) is 1.13. The second-order valence-corrected chi connectivity index (χ2v) is 7.15. The molecule has 2 aliphatic rings. The van der Waals surface area contributed by atoms with Crippen molar-refractivity contribution < 1.29 is 14.3 Å². The molecule has 0 spiro atoms. The Kier molecular flexibility index (Phi) is 5.98. The molecule has 0 radical (unpaired) electrons. The molecule has 0 saturated carbocycles. The van der Waals surface area contributed by atoms with Gasteiger partial charge in [-0.15, -0.1) is 0 Å². The minimum Gasteiger partial charge on any atom is -0.377 e. The Balaban J connectivity index is 1.50. The summed E-state index contributed by atoms with van der Waals surface area (Å²) >= 11 is 0. The quantitative estimate of drug-likeness (QED) is 0.718. The summed E-state index contributed by atoms with van der Waals surface area (Å²) in [5.74, 6) is -0.0377. The maximum absolute atomic E-state index is 12.7. The Morgan fingerprint density at radius 3 is 2.88 bits per heavy atom. The highest BCUT2D eigenvalue weighted by Crippen LogP contribution is 2.32. The van der Waals surface area contributed by atoms with Gasteiger partial charge in [-0.05, 0) is 40.3 Å². The molecule has 3 rings (SSSR count). The summed E-state index contributed by atoms with van der Waals surface area (Å²) in [6.07, 6.45) is 6.21. The molecule has 3 atom stereocenters. The van der Waals surface area contributed by atoms with Crippen LogP contribution in [0.2, 0.25) is 0 Å². The molecule has 25 heavy (non-hydrogen) atoms. The van der Waals surface area contributed by atoms with Gasteiger partial charge in [0.1, 0.15) is 5.69 Å². The molecule has 1 aromatic heterocycles. The van der Waals surface area contributed by atoms with Gasteiger partial charge in [-0.3, -0.25) is 9.78 Å². The lowest BCUT2D eigenvalue weighted by Crippen LogP contribution is -2.46. The molecule has 0 bridgehead atoms. The van der Waals surface area contributed by atoms with E-state index in [2.05, 4.69) is 14.9 Å². The minimum absolute atomic E-state index is 0.0377. The van der Waals surface area contributed by atoms with Gasteiger partial charge in [0.15, 0.2) is 0 Å². The van der Waals surface area contributed by atoms with E-state index in [4.69, 9.17) is 9.47 Å². The van der Waals surface area contributed by atoms with Gasteiger partial charge >= 0.3 is 0 Å². The fourth-order valence-corrected chi connectivity index (χ4v) is 3.48. The Labute approximate surface area is 149 Å². The molecule has 0 aliphatic carbocycles. The molecule has 2 aliphatic heterocycles. The van der Waals surface area contributed by atoms with Gasteiger partial charge in [-0.1, -0.05) is 0 Å². The number of likely N-dealkylation sites (N-methyl/N-ethyl adjacent to an activating group) is 1. The first-order valence-electron chi connectivity index (χ1n) is 9.02. The summed E-state index contributed by atoms with van der Waals surface area (Å²) in [6, 6.07) is 0.147. The Morgan fingerprint density at radius 2 is 2.16 bits per heavy atom. The number of aromatic nitrogens is 2. The van der Waals surface area contributed by atoms with Crippen molar-refractivity contribution in [1.82, 2.24) is 19.8 Å². The maximum Gasteiger partial charge on any atom is 0.274 e. The third kappa shape index (κ3) is 4.54. The van der Waals surface area contributed by atoms with Crippen LogP contribution in [0.15, 0.2) is 12.4 Å². The molecule has 2 saturated heterocycles. The van der Waals surface area contributed by atoms with Crippen LogP contribution in [-0.2, 0) is 9.47 Å². The first-order valence-corrected chi connectivity index (χ1v) is 9.02. The van der Waals surface area contributed by atoms with Crippen LogP contribution in [0.3, 0.4) is 0 Å². The van der Waals surface area contributed by atoms with E-state index in [1.807, 2.05) is 25.9 Å². The van der Waals surface area contributed by atoms with Crippen LogP contribution >= 0.6 is 0 Å². The van der Waals surface area contributed by atoms with Crippen LogP contribution in [0.4, 0.5) is 0 Å². The van der Waals surface area contributed by atoms with Gasteiger partial charge in [0.05, 0.1) is 43.4 Å². The first-order chi connectivity index (χ1) is 12.0. The molecule has 7 nitrogen and oxygen atoms in total. The number of hydrogen-bond donors (Lipinski definition) is 0. The van der Waals surface area contributed by atoms with Crippen molar-refractivity contribution in [3.63, 3.8) is 0 Å². The smallest absolute Gasteiger partial charge is 0.274 e. The largest absolute Gasteiger partial charge is 0.377 e. The molecular weight excluding hydrogens is 320 g/mol. The molecule has 0 aromatic carbocycles. The highest BCUT2D eigenvalue weighted by atomic mass is 16.5. The van der Waals surface area contributed by atoms with Crippen LogP contribution < -0.4 is 0 Å². The molecule has 1 amide bonds. The molecule has 0 N–H and O–H groups in total. The molecule has 1 aromatic rings. The van der Waals surface area contributed by atoms with Crippen molar-refractivity contribution in [3.8, 4) is 0 Å². The number of hydrogen-bond acceptors (Lipinski definition) is 6. The van der Waals surface area contributed by atoms with Crippen molar-refractivity contribution in [2.24, 2.45) is 0 Å². The van der Waals surface area contributed by atoms with E-state index in [1.165, 1.54) is 0 Å². The number of amides is 1. The number of aryl methyl sites for hydroxylation is 1. The zero-order valence-electron chi connectivity index (χ0n) is 15.4. The number of carbonyl (C=O) groups is 1. The van der Waals surface area contributed by atoms with E-state index in [0.717, 1.165) is 44.7 Å². The van der Waals surface area contributed by atoms with Crippen molar-refractivity contribution in [3.05, 3.63) is 23.8 Å². The monoisotopic (exact) mass is 348 g/mol. The van der Waals surface area contributed by atoms with Gasteiger partial charge in [-0.2, -0.15) is 0 Å². The van der Waals surface area contributed by atoms with E-state index in [0.29, 0.717) is 12.3 Å². The maximum atomic E-state index is 12.7. The van der Waals surface area contributed by atoms with E-state index < -0.39 is 0 Å². The first kappa shape index (κ1) is 18.2. The number of likely N-dealkylation sites (tertiary alicyclic amines) is 1. The standard InChI is InChI=1S/C18H28N4O3/c1-13-10-20-15(11-19-13)18(23)22-7-6-17-16(22)5-4-14(25-17)12-24-9-8-21(2)3/h10-11,14,16-17H,4-9,12H2,1-3H3/t14-,16-,17-/m0/s1. The van der Waals surface area contributed by atoms with Gasteiger partial charge in [0.25, 0.3) is 5.91 Å². The third-order valence-corrected chi connectivity index (χ3v) is 4.88. The zero-order chi connectivity index (χ0) is 17.8. The summed E-state index contributed by atoms with van der Waals surface area (Å²) in [7, 11) is 4.07. The Morgan fingerprint density at radius 1 is 1.32 bits per heavy atom. The van der Waals surface area contributed by atoms with Gasteiger partial charge in [0, 0.05) is 19.3 Å². The fraction of sp³-hybridized carbons (Fsp3) is 0.722. The second-order valence-electron chi connectivity index (χ2n) is 7.15. The number of fused-ring (bicyclic) bond motifs is 1. The average molecular weight is 348 g/mol. The van der Waals surface area contributed by atoms with Crippen molar-refractivity contribution in [2.75, 3.05) is 40.4 Å². The van der Waals surface area contributed by atoms with E-state index in [1.54, 1.807) is 12.4 Å². The van der Waals surface area contributed by atoms with E-state index in [-0.39, 0.29) is 24.2 Å². The topological polar surface area (TPSA) is 67.8 Å². The normalized spacial score (nSPS) is 26.1. The van der Waals surface area contributed by atoms with Crippen LogP contribution in [0.25, 0.3) is 0 Å². The number of carbonyl (C=O) groups excluding carboxylic acids is 1. The second kappa shape index (κ2) is 8.21. The Hall–Kier alpha value is -1.57. The van der Waals surface area contributed by atoms with Gasteiger partial charge in [-0.25, -0.2) is 4.98 Å². The summed E-state index contributed by atoms with van der Waals surface area (Å²) in [4.78, 5) is 25.1. The highest BCUT2D eigenvalue weighted by Gasteiger charge is 2.42. The number of rotatable bonds is 6. The lowest BCUT2D eigenvalue weighted by molar-refractivity contribution is -0.0970. The van der Waals surface area contributed by atoms with E-state index in [9.17, 15) is 4.79 Å². The molecule has 3 heterocycles. The van der Waals surface area contributed by atoms with Crippen LogP contribution in [0.5, 0.6) is 0 Å². The van der Waals surface area contributed by atoms with Crippen molar-refractivity contribution in [1.29, 1.82) is 0 Å². The number of nitrogens with zero attached hydrogens (tertiary/aromatic N) is 4. The van der Waals surface area contributed by atoms with Crippen molar-refractivity contribution >= 4 is 5.91 Å². The summed E-state index contributed by atoms with van der Waals surface area (Å²) in [5.41, 5.74) is 1.23. The summed E-state index contributed by atoms with van der Waals surface area (Å²) < 4.78 is 11.9. The molecule has 0 unspecified atom stereocenters. The lowest BCUT2D eigenvalue weighted by Gasteiger charge is -2.35. The van der Waals surface area contributed by atoms with Gasteiger partial charge in [0.2, 0.25) is 0 Å². The molecule has 2 fully saturated rings. The van der Waals surface area contributed by atoms with Gasteiger partial charge < -0.3 is 19.3 Å².